The van der Waals surface area contributed by atoms with Crippen LogP contribution in [0.15, 0.2) is 0 Å². The predicted molar refractivity (Wildman–Crippen MR) is 66.7 cm³/mol. The van der Waals surface area contributed by atoms with Crippen LogP contribution in [0.3, 0.4) is 0 Å². The number of rotatable bonds is 5. The Balaban J connectivity index is 1.63. The lowest BCUT2D eigenvalue weighted by Gasteiger charge is -2.23. The summed E-state index contributed by atoms with van der Waals surface area (Å²) in [5, 5.41) is 12.7. The highest BCUT2D eigenvalue weighted by atomic mass is 16.3. The molecule has 2 rings (SSSR count). The molecule has 2 saturated carbocycles. The highest BCUT2D eigenvalue weighted by Crippen LogP contribution is 2.31. The highest BCUT2D eigenvalue weighted by molar-refractivity contribution is 5.73. The highest BCUT2D eigenvalue weighted by Gasteiger charge is 2.27. The zero-order valence-corrected chi connectivity index (χ0v) is 10.7. The van der Waals surface area contributed by atoms with E-state index in [0.717, 1.165) is 38.1 Å². The summed E-state index contributed by atoms with van der Waals surface area (Å²) in [4.78, 5) is 13.5. The van der Waals surface area contributed by atoms with Crippen LogP contribution in [0.5, 0.6) is 0 Å². The fraction of sp³-hybridized carbons (Fsp3) is 0.923. The molecular formula is C13H24N2O2. The van der Waals surface area contributed by atoms with Crippen molar-refractivity contribution >= 4 is 6.03 Å². The summed E-state index contributed by atoms with van der Waals surface area (Å²) in [6, 6.07) is 0.00440. The normalized spacial score (nSPS) is 28.1. The van der Waals surface area contributed by atoms with Crippen molar-refractivity contribution in [2.24, 2.45) is 11.8 Å². The minimum absolute atomic E-state index is 0.00440. The molecule has 2 N–H and O–H groups in total. The van der Waals surface area contributed by atoms with Gasteiger partial charge < -0.3 is 15.3 Å². The van der Waals surface area contributed by atoms with E-state index in [4.69, 9.17) is 0 Å². The number of hydrogen-bond acceptors (Lipinski definition) is 2. The predicted octanol–water partition coefficient (Wildman–Crippen LogP) is 1.59. The van der Waals surface area contributed by atoms with Gasteiger partial charge in [0.05, 0.1) is 6.10 Å². The molecule has 2 atom stereocenters. The summed E-state index contributed by atoms with van der Waals surface area (Å²) in [6.07, 6.45) is 6.59. The number of nitrogens with zero attached hydrogens (tertiary/aromatic N) is 1. The third-order valence-electron chi connectivity index (χ3n) is 4.00. The Kier molecular flexibility index (Phi) is 4.26. The third kappa shape index (κ3) is 3.87. The first-order valence-electron chi connectivity index (χ1n) is 6.84. The molecular weight excluding hydrogens is 216 g/mol. The molecule has 0 bridgehead atoms. The Morgan fingerprint density at radius 3 is 2.71 bits per heavy atom. The lowest BCUT2D eigenvalue weighted by molar-refractivity contribution is 0.114. The van der Waals surface area contributed by atoms with Gasteiger partial charge in [-0.3, -0.25) is 0 Å². The SMILES string of the molecule is CN(CC1CCCC1O)C(=O)NCCC1CC1. The minimum atomic E-state index is -0.211. The molecule has 0 radical (unpaired) electrons. The number of carbonyl (C=O) groups is 1. The molecule has 2 aliphatic rings. The average molecular weight is 240 g/mol. The molecule has 0 aromatic carbocycles. The number of hydrogen-bond donors (Lipinski definition) is 2. The van der Waals surface area contributed by atoms with Crippen LogP contribution in [0.1, 0.15) is 38.5 Å². The smallest absolute Gasteiger partial charge is 0.317 e. The molecule has 0 aromatic heterocycles. The average Bonchev–Trinajstić information content (AvgIpc) is 3.04. The van der Waals surface area contributed by atoms with Gasteiger partial charge in [-0.05, 0) is 25.2 Å². The van der Waals surface area contributed by atoms with Crippen LogP contribution >= 0.6 is 0 Å². The van der Waals surface area contributed by atoms with Gasteiger partial charge in [0, 0.05) is 26.1 Å². The molecule has 98 valence electrons. The maximum atomic E-state index is 11.8. The Morgan fingerprint density at radius 2 is 2.12 bits per heavy atom. The zero-order chi connectivity index (χ0) is 12.3. The number of aliphatic hydroxyl groups excluding tert-OH is 1. The number of carbonyl (C=O) groups excluding carboxylic acids is 1. The second kappa shape index (κ2) is 5.71. The first-order chi connectivity index (χ1) is 8.16. The first-order valence-corrected chi connectivity index (χ1v) is 6.84. The molecule has 2 fully saturated rings. The summed E-state index contributed by atoms with van der Waals surface area (Å²) < 4.78 is 0. The molecule has 0 saturated heterocycles. The van der Waals surface area contributed by atoms with Crippen LogP contribution < -0.4 is 5.32 Å². The summed E-state index contributed by atoms with van der Waals surface area (Å²) in [7, 11) is 1.82. The largest absolute Gasteiger partial charge is 0.393 e. The molecule has 0 heterocycles. The summed E-state index contributed by atoms with van der Waals surface area (Å²) in [5.74, 6) is 1.13. The van der Waals surface area contributed by atoms with E-state index < -0.39 is 0 Å². The lowest BCUT2D eigenvalue weighted by Crippen LogP contribution is -2.41. The Bertz CT molecular complexity index is 266. The van der Waals surface area contributed by atoms with Gasteiger partial charge in [-0.25, -0.2) is 4.79 Å². The van der Waals surface area contributed by atoms with E-state index >= 15 is 0 Å². The molecule has 17 heavy (non-hydrogen) atoms. The van der Waals surface area contributed by atoms with E-state index in [0.29, 0.717) is 6.54 Å². The van der Waals surface area contributed by atoms with Gasteiger partial charge >= 0.3 is 6.03 Å². The molecule has 0 spiro atoms. The van der Waals surface area contributed by atoms with E-state index in [1.165, 1.54) is 12.8 Å². The number of urea groups is 1. The van der Waals surface area contributed by atoms with Gasteiger partial charge in [-0.1, -0.05) is 19.3 Å². The van der Waals surface area contributed by atoms with Crippen molar-refractivity contribution in [1.82, 2.24) is 10.2 Å². The topological polar surface area (TPSA) is 52.6 Å². The van der Waals surface area contributed by atoms with E-state index in [1.807, 2.05) is 7.05 Å². The van der Waals surface area contributed by atoms with Gasteiger partial charge in [0.2, 0.25) is 0 Å². The Hall–Kier alpha value is -0.770. The lowest BCUT2D eigenvalue weighted by atomic mass is 10.1. The minimum Gasteiger partial charge on any atom is -0.393 e. The summed E-state index contributed by atoms with van der Waals surface area (Å²) in [6.45, 7) is 1.47. The van der Waals surface area contributed by atoms with Crippen LogP contribution in [0, 0.1) is 11.8 Å². The molecule has 2 unspecified atom stereocenters. The molecule has 2 amide bonds. The number of nitrogens with one attached hydrogen (secondary N) is 1. The fourth-order valence-electron chi connectivity index (χ4n) is 2.59. The van der Waals surface area contributed by atoms with Gasteiger partial charge in [0.15, 0.2) is 0 Å². The van der Waals surface area contributed by atoms with Crippen LogP contribution in [0.25, 0.3) is 0 Å². The quantitative estimate of drug-likeness (QED) is 0.766. The first kappa shape index (κ1) is 12.7. The van der Waals surface area contributed by atoms with E-state index in [2.05, 4.69) is 5.32 Å². The van der Waals surface area contributed by atoms with Crippen LogP contribution in [0.2, 0.25) is 0 Å². The van der Waals surface area contributed by atoms with E-state index in [-0.39, 0.29) is 18.1 Å². The maximum absolute atomic E-state index is 11.8. The van der Waals surface area contributed by atoms with Gasteiger partial charge in [-0.2, -0.15) is 0 Å². The van der Waals surface area contributed by atoms with Crippen molar-refractivity contribution < 1.29 is 9.90 Å². The molecule has 4 heteroatoms. The zero-order valence-electron chi connectivity index (χ0n) is 10.7. The molecule has 0 aliphatic heterocycles. The Morgan fingerprint density at radius 1 is 1.35 bits per heavy atom. The van der Waals surface area contributed by atoms with Crippen LogP contribution in [-0.2, 0) is 0 Å². The second-order valence-corrected chi connectivity index (χ2v) is 5.60. The second-order valence-electron chi connectivity index (χ2n) is 5.60. The van der Waals surface area contributed by atoms with Gasteiger partial charge in [-0.15, -0.1) is 0 Å². The van der Waals surface area contributed by atoms with Gasteiger partial charge in [0.25, 0.3) is 0 Å². The summed E-state index contributed by atoms with van der Waals surface area (Å²) >= 11 is 0. The molecule has 2 aliphatic carbocycles. The maximum Gasteiger partial charge on any atom is 0.317 e. The third-order valence-corrected chi connectivity index (χ3v) is 4.00. The van der Waals surface area contributed by atoms with Crippen LogP contribution in [-0.4, -0.2) is 42.3 Å². The van der Waals surface area contributed by atoms with E-state index in [9.17, 15) is 9.90 Å². The summed E-state index contributed by atoms with van der Waals surface area (Å²) in [5.41, 5.74) is 0. The van der Waals surface area contributed by atoms with Crippen molar-refractivity contribution in [1.29, 1.82) is 0 Å². The number of aliphatic hydroxyl groups is 1. The Labute approximate surface area is 103 Å². The fourth-order valence-corrected chi connectivity index (χ4v) is 2.59. The van der Waals surface area contributed by atoms with Crippen LogP contribution in [0.4, 0.5) is 4.79 Å². The van der Waals surface area contributed by atoms with Gasteiger partial charge in [0.1, 0.15) is 0 Å². The van der Waals surface area contributed by atoms with Crippen molar-refractivity contribution in [2.75, 3.05) is 20.1 Å². The standard InChI is InChI=1S/C13H24N2O2/c1-15(9-11-3-2-4-12(11)16)13(17)14-8-7-10-5-6-10/h10-12,16H,2-9H2,1H3,(H,14,17). The molecule has 0 aromatic rings. The molecule has 4 nitrogen and oxygen atoms in total. The van der Waals surface area contributed by atoms with E-state index in [1.54, 1.807) is 4.90 Å². The van der Waals surface area contributed by atoms with Crippen molar-refractivity contribution in [3.8, 4) is 0 Å². The number of amides is 2. The van der Waals surface area contributed by atoms with Crippen molar-refractivity contribution in [3.05, 3.63) is 0 Å². The monoisotopic (exact) mass is 240 g/mol. The van der Waals surface area contributed by atoms with Crippen molar-refractivity contribution in [3.63, 3.8) is 0 Å². The van der Waals surface area contributed by atoms with Crippen molar-refractivity contribution in [2.45, 2.75) is 44.6 Å².